The van der Waals surface area contributed by atoms with Gasteiger partial charge < -0.3 is 0 Å². The molecule has 4 atom stereocenters. The summed E-state index contributed by atoms with van der Waals surface area (Å²) >= 11 is 0. The van der Waals surface area contributed by atoms with Gasteiger partial charge >= 0.3 is 108 Å². The number of fused-ring (bicyclic) bond motifs is 10. The van der Waals surface area contributed by atoms with E-state index in [4.69, 9.17) is 5.73 Å². The fourth-order valence-electron chi connectivity index (χ4n) is 18.1. The molecule has 0 aromatic carbocycles. The number of hydrogen-bond donors (Lipinski definition) is 1. The second-order valence-electron chi connectivity index (χ2n) is 11.9. The molecule has 0 aliphatic carbocycles. The van der Waals surface area contributed by atoms with Gasteiger partial charge in [-0.15, -0.1) is 0 Å². The number of primary amides is 1. The van der Waals surface area contributed by atoms with E-state index in [1.807, 2.05) is 0 Å². The number of carbonyl (C=O) groups is 1. The monoisotopic (exact) mass is 311 g/mol. The first-order valence-electron chi connectivity index (χ1n) is 8.56. The van der Waals surface area contributed by atoms with Crippen LogP contribution in [0.5, 0.6) is 0 Å². The molecule has 1 spiro atoms. The topological polar surface area (TPSA) is 43.1 Å². The minimum atomic E-state index is -3.08. The van der Waals surface area contributed by atoms with Gasteiger partial charge in [-0.1, -0.05) is 0 Å². The minimum absolute atomic E-state index is 0.107. The maximum absolute atomic E-state index is 11.9. The Labute approximate surface area is 108 Å². The fraction of sp³-hybridized carbons (Fsp3) is 0.824. The number of nitrogens with two attached hydrogens (primary N) is 1. The van der Waals surface area contributed by atoms with E-state index >= 15 is 0 Å². The molecule has 3 heteroatoms. The summed E-state index contributed by atoms with van der Waals surface area (Å²) in [4.78, 5) is 23.8. The van der Waals surface area contributed by atoms with Gasteiger partial charge in [-0.05, 0) is 0 Å². The van der Waals surface area contributed by atoms with Crippen LogP contribution in [0.4, 0.5) is 0 Å². The van der Waals surface area contributed by atoms with Crippen molar-refractivity contribution in [1.82, 2.24) is 0 Å². The Hall–Kier alpha value is -0.271. The molecule has 0 saturated carbocycles. The third-order valence-corrected chi connectivity index (χ3v) is 58.8. The summed E-state index contributed by atoms with van der Waals surface area (Å²) in [6.07, 6.45) is 2.40. The van der Waals surface area contributed by atoms with Crippen LogP contribution in [-0.2, 0) is 11.3 Å². The van der Waals surface area contributed by atoms with Gasteiger partial charge in [0.2, 0.25) is 0 Å². The molecular weight excluding hydrogens is 290 g/mol. The van der Waals surface area contributed by atoms with E-state index in [0.717, 1.165) is 9.89 Å². The van der Waals surface area contributed by atoms with E-state index in [9.17, 15) is 4.79 Å². The molecule has 0 aromatic heterocycles. The first-order valence-corrected chi connectivity index (χ1v) is 14.9. The van der Waals surface area contributed by atoms with Gasteiger partial charge in [0.05, 0.1) is 0 Å². The molecule has 1 amide bonds. The number of carbonyl (C=O) groups excluding carboxylic acids is 1. The Morgan fingerprint density at radius 2 is 1.55 bits per heavy atom. The Morgan fingerprint density at radius 3 is 1.80 bits per heavy atom. The molecule has 10 heterocycles. The summed E-state index contributed by atoms with van der Waals surface area (Å²) in [7, 11) is 0. The van der Waals surface area contributed by atoms with Crippen molar-refractivity contribution in [3.63, 3.8) is 0 Å². The van der Waals surface area contributed by atoms with Crippen LogP contribution in [-0.4, -0.2) is 5.91 Å². The van der Waals surface area contributed by atoms with Gasteiger partial charge in [-0.25, -0.2) is 0 Å². The van der Waals surface area contributed by atoms with Crippen LogP contribution < -0.4 is 5.73 Å². The van der Waals surface area contributed by atoms with Gasteiger partial charge in [-0.2, -0.15) is 0 Å². The maximum atomic E-state index is 11.9. The molecule has 10 fully saturated rings. The number of amides is 1. The standard InChI is InChI=1S/C12H16NO.C5H5.Fe/c1-3-6-11(9(2)12(13)14)10-7-4-5-8-10;1-2-4-5-3-1;/h4-5,7-8H,3,6H2,1-2H3,(H2,13,14);1-5H;. The van der Waals surface area contributed by atoms with Crippen molar-refractivity contribution < 1.29 is 11.3 Å². The van der Waals surface area contributed by atoms with Gasteiger partial charge in [0.15, 0.2) is 0 Å². The van der Waals surface area contributed by atoms with Crippen molar-refractivity contribution in [2.24, 2.45) is 5.73 Å². The first-order chi connectivity index (χ1) is 9.35. The van der Waals surface area contributed by atoms with E-state index in [2.05, 4.69) is 13.8 Å². The second-order valence-corrected chi connectivity index (χ2v) is 35.5. The zero-order valence-corrected chi connectivity index (χ0v) is 13.1. The van der Waals surface area contributed by atoms with Crippen LogP contribution in [0.2, 0.25) is 47.7 Å². The predicted octanol–water partition coefficient (Wildman–Crippen LogP) is 4.35. The summed E-state index contributed by atoms with van der Waals surface area (Å²) in [5.41, 5.74) is 8.41. The van der Waals surface area contributed by atoms with Crippen LogP contribution >= 0.6 is 0 Å². The van der Waals surface area contributed by atoms with Crippen molar-refractivity contribution in [1.29, 1.82) is 0 Å². The molecule has 2 nitrogen and oxygen atoms in total. The molecule has 2 N–H and O–H groups in total. The predicted molar refractivity (Wildman–Crippen MR) is 73.2 cm³/mol. The van der Waals surface area contributed by atoms with E-state index in [1.54, 1.807) is 5.57 Å². The van der Waals surface area contributed by atoms with Gasteiger partial charge in [0.1, 0.15) is 0 Å². The average molecular weight is 311 g/mol. The molecule has 0 aromatic rings. The normalized spacial score (nSPS) is 104. The number of hydrogen-bond acceptors (Lipinski definition) is 1. The molecule has 20 heavy (non-hydrogen) atoms. The van der Waals surface area contributed by atoms with Crippen molar-refractivity contribution in [3.8, 4) is 0 Å². The van der Waals surface area contributed by atoms with Crippen LogP contribution in [0.25, 0.3) is 0 Å². The zero-order valence-electron chi connectivity index (χ0n) is 11.9. The third-order valence-electron chi connectivity index (χ3n) is 16.5. The van der Waals surface area contributed by atoms with Gasteiger partial charge in [-0.3, -0.25) is 0 Å². The second kappa shape index (κ2) is 0.748. The molecule has 10 rings (SSSR count). The van der Waals surface area contributed by atoms with Gasteiger partial charge in [0, 0.05) is 0 Å². The molecule has 0 radical (unpaired) electrons. The molecule has 10 aliphatic heterocycles. The van der Waals surface area contributed by atoms with Gasteiger partial charge in [0.25, 0.3) is 0 Å². The Bertz CT molecular complexity index is 1050. The van der Waals surface area contributed by atoms with Crippen molar-refractivity contribution in [2.45, 2.75) is 74.3 Å². The van der Waals surface area contributed by atoms with Crippen molar-refractivity contribution >= 4 is 5.91 Å². The summed E-state index contributed by atoms with van der Waals surface area (Å²) in [6, 6.07) is 0. The Morgan fingerprint density at radius 1 is 1.05 bits per heavy atom. The summed E-state index contributed by atoms with van der Waals surface area (Å²) < 4.78 is 0.744. The van der Waals surface area contributed by atoms with E-state index < -0.39 is 6.51 Å². The average Bonchev–Trinajstić information content (AvgIpc) is 3.37. The Balaban J connectivity index is 1.47. The van der Waals surface area contributed by atoms with Crippen LogP contribution in [0.3, 0.4) is 0 Å². The third kappa shape index (κ3) is 0.0940. The van der Waals surface area contributed by atoms with E-state index in [1.165, 1.54) is 56.2 Å². The van der Waals surface area contributed by atoms with Crippen molar-refractivity contribution in [2.75, 3.05) is 0 Å². The summed E-state index contributed by atoms with van der Waals surface area (Å²) in [5.74, 6) is -0.107. The SMILES string of the molecule is CCCC(=C(C)C(N)=O)[C]12[CH]3[CH]4[CH]5[CH]1[Fe]45321678[CH]2[CH]1[CH]6[CH]7[CH]28. The first kappa shape index (κ1) is 8.39. The molecule has 108 valence electrons. The number of allylic oxidation sites excluding steroid dienone is 1. The van der Waals surface area contributed by atoms with Crippen LogP contribution in [0.15, 0.2) is 11.1 Å². The fourth-order valence-corrected chi connectivity index (χ4v) is 92.6. The number of rotatable bonds is 4. The molecule has 10 aliphatic rings. The van der Waals surface area contributed by atoms with Crippen molar-refractivity contribution in [3.05, 3.63) is 11.1 Å². The summed E-state index contributed by atoms with van der Waals surface area (Å²) in [5, 5.41) is 0. The molecular formula is C17H21FeNO. The quantitative estimate of drug-likeness (QED) is 0.609. The Kier molecular flexibility index (Phi) is 0.314. The van der Waals surface area contributed by atoms with E-state index in [-0.39, 0.29) is 5.91 Å². The van der Waals surface area contributed by atoms with Crippen LogP contribution in [0, 0.1) is 0 Å². The zero-order chi connectivity index (χ0) is 13.2. The van der Waals surface area contributed by atoms with Crippen LogP contribution in [0.1, 0.15) is 26.7 Å². The summed E-state index contributed by atoms with van der Waals surface area (Å²) in [6.45, 7) is 1.28. The molecule has 10 saturated heterocycles. The molecule has 4 unspecified atom stereocenters. The molecule has 0 bridgehead atoms. The van der Waals surface area contributed by atoms with E-state index in [0.29, 0.717) is 0 Å².